The Morgan fingerprint density at radius 3 is 2.41 bits per heavy atom. The van der Waals surface area contributed by atoms with Crippen molar-refractivity contribution >= 4 is 17.7 Å². The molecule has 0 aliphatic carbocycles. The van der Waals surface area contributed by atoms with Gasteiger partial charge in [-0.05, 0) is 61.1 Å². The standard InChI is InChI=1S/C28H35FN4O4/c1-33(2,3)15-5-4-6-23-28(37)32-24(27(36)31-23)16-22(25(32)19-9-13-21(34)14-10-19)26(35)30-17-18-7-11-20(29)12-8-18/h7-14,22-25H,4-6,15-17H2,1-3H3,(H2-,30,31,34,35,36)/p+1/t22-,23-,24-,25-/m0/s1. The molecule has 198 valence electrons. The van der Waals surface area contributed by atoms with E-state index >= 15 is 0 Å². The molecule has 4 atom stereocenters. The summed E-state index contributed by atoms with van der Waals surface area (Å²) in [6.07, 6.45) is 2.47. The number of carbonyl (C=O) groups is 3. The molecular weight excluding hydrogens is 475 g/mol. The molecule has 0 radical (unpaired) electrons. The Balaban J connectivity index is 1.53. The fourth-order valence-electron chi connectivity index (χ4n) is 5.27. The second-order valence-corrected chi connectivity index (χ2v) is 11.1. The van der Waals surface area contributed by atoms with Gasteiger partial charge in [-0.15, -0.1) is 0 Å². The Kier molecular flexibility index (Phi) is 7.82. The predicted octanol–water partition coefficient (Wildman–Crippen LogP) is 2.48. The molecule has 2 saturated heterocycles. The summed E-state index contributed by atoms with van der Waals surface area (Å²) in [6.45, 7) is 1.17. The predicted molar refractivity (Wildman–Crippen MR) is 137 cm³/mol. The SMILES string of the molecule is C[N+](C)(C)CCCC[C@@H]1NC(=O)[C@@H]2C[C@H](C(=O)NCc3ccc(F)cc3)[C@H](c3ccc(O)cc3)N2C1=O. The van der Waals surface area contributed by atoms with Crippen LogP contribution in [0.1, 0.15) is 42.9 Å². The summed E-state index contributed by atoms with van der Waals surface area (Å²) in [5.41, 5.74) is 1.43. The Labute approximate surface area is 217 Å². The molecule has 0 unspecified atom stereocenters. The maximum Gasteiger partial charge on any atom is 0.246 e. The number of quaternary nitrogens is 1. The highest BCUT2D eigenvalue weighted by molar-refractivity contribution is 5.99. The number of nitrogens with zero attached hydrogens (tertiary/aromatic N) is 2. The summed E-state index contributed by atoms with van der Waals surface area (Å²) in [5, 5.41) is 15.6. The number of carbonyl (C=O) groups excluding carboxylic acids is 3. The molecule has 9 heteroatoms. The fourth-order valence-corrected chi connectivity index (χ4v) is 5.27. The monoisotopic (exact) mass is 511 g/mol. The van der Waals surface area contributed by atoms with Gasteiger partial charge in [0.2, 0.25) is 17.7 Å². The molecule has 0 spiro atoms. The average molecular weight is 512 g/mol. The van der Waals surface area contributed by atoms with E-state index in [0.29, 0.717) is 12.0 Å². The summed E-state index contributed by atoms with van der Waals surface area (Å²) in [5.74, 6) is -1.63. The highest BCUT2D eigenvalue weighted by Crippen LogP contribution is 2.43. The largest absolute Gasteiger partial charge is 0.508 e. The average Bonchev–Trinajstić information content (AvgIpc) is 3.26. The van der Waals surface area contributed by atoms with E-state index in [9.17, 15) is 23.9 Å². The first-order chi connectivity index (χ1) is 17.5. The van der Waals surface area contributed by atoms with Gasteiger partial charge in [0.25, 0.3) is 0 Å². The Hall–Kier alpha value is -3.46. The van der Waals surface area contributed by atoms with E-state index in [1.165, 1.54) is 24.3 Å². The van der Waals surface area contributed by atoms with E-state index in [2.05, 4.69) is 31.8 Å². The van der Waals surface area contributed by atoms with Gasteiger partial charge in [0.15, 0.2) is 0 Å². The number of piperazine rings is 1. The minimum absolute atomic E-state index is 0.0773. The smallest absolute Gasteiger partial charge is 0.246 e. The number of fused-ring (bicyclic) bond motifs is 1. The molecule has 2 aliphatic rings. The molecule has 0 aromatic heterocycles. The van der Waals surface area contributed by atoms with Crippen molar-refractivity contribution in [2.75, 3.05) is 27.7 Å². The third kappa shape index (κ3) is 6.28. The lowest BCUT2D eigenvalue weighted by Crippen LogP contribution is -2.61. The number of hydrogen-bond donors (Lipinski definition) is 3. The number of benzene rings is 2. The molecule has 4 rings (SSSR count). The van der Waals surface area contributed by atoms with Gasteiger partial charge in [0.05, 0.1) is 39.6 Å². The molecule has 2 aliphatic heterocycles. The van der Waals surface area contributed by atoms with E-state index in [0.717, 1.165) is 29.4 Å². The van der Waals surface area contributed by atoms with Crippen molar-refractivity contribution in [3.05, 3.63) is 65.5 Å². The molecular formula is C28H36FN4O4+. The van der Waals surface area contributed by atoms with Crippen molar-refractivity contribution in [3.8, 4) is 5.75 Å². The van der Waals surface area contributed by atoms with Crippen molar-refractivity contribution in [2.24, 2.45) is 5.92 Å². The number of nitrogens with one attached hydrogen (secondary N) is 2. The van der Waals surface area contributed by atoms with Crippen molar-refractivity contribution in [1.82, 2.24) is 15.5 Å². The zero-order valence-electron chi connectivity index (χ0n) is 21.6. The summed E-state index contributed by atoms with van der Waals surface area (Å²) < 4.78 is 14.1. The lowest BCUT2D eigenvalue weighted by molar-refractivity contribution is -0.870. The summed E-state index contributed by atoms with van der Waals surface area (Å²) >= 11 is 0. The summed E-state index contributed by atoms with van der Waals surface area (Å²) in [4.78, 5) is 41.7. The van der Waals surface area contributed by atoms with Gasteiger partial charge in [-0.2, -0.15) is 0 Å². The quantitative estimate of drug-likeness (QED) is 0.356. The van der Waals surface area contributed by atoms with E-state index in [1.54, 1.807) is 29.2 Å². The number of hydrogen-bond acceptors (Lipinski definition) is 4. The van der Waals surface area contributed by atoms with Crippen LogP contribution in [0.15, 0.2) is 48.5 Å². The number of phenolic OH excluding ortho intramolecular Hbond substituents is 1. The number of unbranched alkanes of at least 4 members (excludes halogenated alkanes) is 1. The van der Waals surface area contributed by atoms with Crippen molar-refractivity contribution in [2.45, 2.75) is 50.4 Å². The Morgan fingerprint density at radius 2 is 1.76 bits per heavy atom. The van der Waals surface area contributed by atoms with Crippen molar-refractivity contribution < 1.29 is 28.4 Å². The molecule has 3 amide bonds. The molecule has 8 nitrogen and oxygen atoms in total. The maximum absolute atomic E-state index is 13.7. The second-order valence-electron chi connectivity index (χ2n) is 11.1. The molecule has 0 saturated carbocycles. The van der Waals surface area contributed by atoms with Crippen molar-refractivity contribution in [1.29, 1.82) is 0 Å². The molecule has 0 bridgehead atoms. The minimum atomic E-state index is -0.740. The van der Waals surface area contributed by atoms with Gasteiger partial charge in [-0.1, -0.05) is 24.3 Å². The van der Waals surface area contributed by atoms with Crippen LogP contribution in [0.4, 0.5) is 4.39 Å². The second kappa shape index (κ2) is 10.9. The third-order valence-corrected chi connectivity index (χ3v) is 7.19. The van der Waals surface area contributed by atoms with Crippen LogP contribution in [-0.2, 0) is 20.9 Å². The van der Waals surface area contributed by atoms with Gasteiger partial charge in [0, 0.05) is 6.54 Å². The summed E-state index contributed by atoms with van der Waals surface area (Å²) in [6, 6.07) is 10.3. The highest BCUT2D eigenvalue weighted by atomic mass is 19.1. The Morgan fingerprint density at radius 1 is 1.08 bits per heavy atom. The molecule has 2 aromatic rings. The number of rotatable bonds is 9. The number of halogens is 1. The molecule has 2 fully saturated rings. The van der Waals surface area contributed by atoms with Gasteiger partial charge < -0.3 is 25.1 Å². The summed E-state index contributed by atoms with van der Waals surface area (Å²) in [7, 11) is 6.35. The number of phenols is 1. The molecule has 37 heavy (non-hydrogen) atoms. The van der Waals surface area contributed by atoms with Crippen LogP contribution in [-0.4, -0.2) is 72.0 Å². The van der Waals surface area contributed by atoms with Crippen molar-refractivity contribution in [3.63, 3.8) is 0 Å². The lowest BCUT2D eigenvalue weighted by atomic mass is 9.92. The zero-order valence-corrected chi connectivity index (χ0v) is 21.6. The lowest BCUT2D eigenvalue weighted by Gasteiger charge is -2.38. The first-order valence-corrected chi connectivity index (χ1v) is 12.8. The van der Waals surface area contributed by atoms with Crippen LogP contribution >= 0.6 is 0 Å². The van der Waals surface area contributed by atoms with Gasteiger partial charge in [-0.3, -0.25) is 14.4 Å². The van der Waals surface area contributed by atoms with Crippen LogP contribution in [0.2, 0.25) is 0 Å². The number of amides is 3. The minimum Gasteiger partial charge on any atom is -0.508 e. The first-order valence-electron chi connectivity index (χ1n) is 12.8. The van der Waals surface area contributed by atoms with Crippen LogP contribution in [0.25, 0.3) is 0 Å². The van der Waals surface area contributed by atoms with Crippen LogP contribution in [0.3, 0.4) is 0 Å². The van der Waals surface area contributed by atoms with Crippen LogP contribution < -0.4 is 10.6 Å². The van der Waals surface area contributed by atoms with Crippen LogP contribution in [0, 0.1) is 11.7 Å². The molecule has 3 N–H and O–H groups in total. The normalized spacial score (nSPS) is 23.5. The van der Waals surface area contributed by atoms with E-state index in [4.69, 9.17) is 0 Å². The first kappa shape index (κ1) is 26.6. The van der Waals surface area contributed by atoms with Gasteiger partial charge in [0.1, 0.15) is 23.7 Å². The van der Waals surface area contributed by atoms with E-state index in [-0.39, 0.29) is 42.3 Å². The maximum atomic E-state index is 13.7. The fraction of sp³-hybridized carbons (Fsp3) is 0.464. The molecule has 2 heterocycles. The number of aromatic hydroxyl groups is 1. The van der Waals surface area contributed by atoms with Gasteiger partial charge >= 0.3 is 0 Å². The van der Waals surface area contributed by atoms with E-state index < -0.39 is 24.0 Å². The molecule has 2 aromatic carbocycles. The zero-order chi connectivity index (χ0) is 26.7. The van der Waals surface area contributed by atoms with E-state index in [1.807, 2.05) is 0 Å². The van der Waals surface area contributed by atoms with Crippen LogP contribution in [0.5, 0.6) is 5.75 Å². The topological polar surface area (TPSA) is 98.7 Å². The van der Waals surface area contributed by atoms with Gasteiger partial charge in [-0.25, -0.2) is 4.39 Å². The third-order valence-electron chi connectivity index (χ3n) is 7.19. The Bertz CT molecular complexity index is 1130. The highest BCUT2D eigenvalue weighted by Gasteiger charge is 2.54.